The van der Waals surface area contributed by atoms with E-state index in [1.54, 1.807) is 4.68 Å². The van der Waals surface area contributed by atoms with E-state index < -0.39 is 5.60 Å². The van der Waals surface area contributed by atoms with Gasteiger partial charge in [-0.25, -0.2) is 9.67 Å². The molecule has 0 atom stereocenters. The molecule has 1 N–H and O–H groups in total. The molecule has 1 rings (SSSR count). The summed E-state index contributed by atoms with van der Waals surface area (Å²) < 4.78 is 1.67. The highest BCUT2D eigenvalue weighted by Crippen LogP contribution is 2.17. The molecule has 0 saturated heterocycles. The second-order valence-corrected chi connectivity index (χ2v) is 3.83. The highest BCUT2D eigenvalue weighted by molar-refractivity contribution is 5.88. The van der Waals surface area contributed by atoms with Crippen LogP contribution in [-0.4, -0.2) is 31.3 Å². The molecule has 0 spiro atoms. The van der Waals surface area contributed by atoms with E-state index >= 15 is 0 Å². The van der Waals surface area contributed by atoms with Crippen LogP contribution in [0, 0.1) is 0 Å². The average molecular weight is 225 g/mol. The SMILES string of the molecule is CCn1ncnc1CC(=O)C(O)(CC)CC. The third-order valence-corrected chi connectivity index (χ3v) is 3.00. The van der Waals surface area contributed by atoms with Gasteiger partial charge in [-0.2, -0.15) is 5.10 Å². The summed E-state index contributed by atoms with van der Waals surface area (Å²) in [4.78, 5) is 16.0. The van der Waals surface area contributed by atoms with Gasteiger partial charge >= 0.3 is 0 Å². The minimum absolute atomic E-state index is 0.145. The van der Waals surface area contributed by atoms with Crippen LogP contribution in [0.15, 0.2) is 6.33 Å². The van der Waals surface area contributed by atoms with E-state index in [0.29, 0.717) is 25.2 Å². The lowest BCUT2D eigenvalue weighted by Crippen LogP contribution is -2.38. The topological polar surface area (TPSA) is 68.0 Å². The van der Waals surface area contributed by atoms with Crippen LogP contribution in [0.5, 0.6) is 0 Å². The van der Waals surface area contributed by atoms with Crippen molar-refractivity contribution in [3.8, 4) is 0 Å². The monoisotopic (exact) mass is 225 g/mol. The summed E-state index contributed by atoms with van der Waals surface area (Å²) in [6, 6.07) is 0. The van der Waals surface area contributed by atoms with Crippen LogP contribution in [0.3, 0.4) is 0 Å². The Bertz CT molecular complexity index is 356. The zero-order valence-corrected chi connectivity index (χ0v) is 10.1. The number of carbonyl (C=O) groups is 1. The van der Waals surface area contributed by atoms with E-state index in [0.717, 1.165) is 0 Å². The van der Waals surface area contributed by atoms with Gasteiger partial charge in [0.2, 0.25) is 0 Å². The number of aromatic nitrogens is 3. The van der Waals surface area contributed by atoms with Crippen molar-refractivity contribution in [3.05, 3.63) is 12.2 Å². The minimum Gasteiger partial charge on any atom is -0.382 e. The number of aryl methyl sites for hydroxylation is 1. The summed E-state index contributed by atoms with van der Waals surface area (Å²) in [7, 11) is 0. The number of hydrogen-bond acceptors (Lipinski definition) is 4. The molecule has 0 fully saturated rings. The number of nitrogens with zero attached hydrogens (tertiary/aromatic N) is 3. The first kappa shape index (κ1) is 12.8. The van der Waals surface area contributed by atoms with Crippen molar-refractivity contribution in [2.24, 2.45) is 0 Å². The summed E-state index contributed by atoms with van der Waals surface area (Å²) in [6.07, 6.45) is 2.44. The van der Waals surface area contributed by atoms with Crippen molar-refractivity contribution in [3.63, 3.8) is 0 Å². The van der Waals surface area contributed by atoms with Crippen LogP contribution in [0.25, 0.3) is 0 Å². The predicted molar refractivity (Wildman–Crippen MR) is 59.9 cm³/mol. The standard InChI is InChI=1S/C11H19N3O2/c1-4-11(16,5-2)9(15)7-10-12-8-13-14(10)6-3/h8,16H,4-7H2,1-3H3. The molecule has 0 aliphatic carbocycles. The summed E-state index contributed by atoms with van der Waals surface area (Å²) in [5.74, 6) is 0.438. The van der Waals surface area contributed by atoms with Crippen molar-refractivity contribution in [1.29, 1.82) is 0 Å². The van der Waals surface area contributed by atoms with E-state index in [2.05, 4.69) is 10.1 Å². The van der Waals surface area contributed by atoms with Crippen LogP contribution in [0.1, 0.15) is 39.4 Å². The summed E-state index contributed by atoms with van der Waals surface area (Å²) in [5, 5.41) is 14.0. The molecule has 0 saturated carbocycles. The maximum absolute atomic E-state index is 11.9. The minimum atomic E-state index is -1.22. The molecule has 1 aromatic heterocycles. The zero-order valence-electron chi connectivity index (χ0n) is 10.1. The smallest absolute Gasteiger partial charge is 0.171 e. The van der Waals surface area contributed by atoms with Gasteiger partial charge in [0.05, 0.1) is 6.42 Å². The van der Waals surface area contributed by atoms with Gasteiger partial charge in [0.1, 0.15) is 17.8 Å². The molecule has 5 nitrogen and oxygen atoms in total. The van der Waals surface area contributed by atoms with Crippen LogP contribution >= 0.6 is 0 Å². The first-order valence-electron chi connectivity index (χ1n) is 5.69. The number of hydrogen-bond donors (Lipinski definition) is 1. The normalized spacial score (nSPS) is 11.8. The summed E-state index contributed by atoms with van der Waals surface area (Å²) in [6.45, 7) is 6.24. The fraction of sp³-hybridized carbons (Fsp3) is 0.727. The van der Waals surface area contributed by atoms with Gasteiger partial charge in [-0.1, -0.05) is 13.8 Å². The molecule has 0 unspecified atom stereocenters. The molecule has 90 valence electrons. The Hall–Kier alpha value is -1.23. The molecule has 0 aliphatic heterocycles. The number of carbonyl (C=O) groups excluding carboxylic acids is 1. The Morgan fingerprint density at radius 3 is 2.56 bits per heavy atom. The van der Waals surface area contributed by atoms with E-state index in [9.17, 15) is 9.90 Å². The molecule has 16 heavy (non-hydrogen) atoms. The lowest BCUT2D eigenvalue weighted by atomic mass is 9.90. The Morgan fingerprint density at radius 1 is 1.44 bits per heavy atom. The van der Waals surface area contributed by atoms with Gasteiger partial charge in [-0.3, -0.25) is 4.79 Å². The van der Waals surface area contributed by atoms with Crippen molar-refractivity contribution in [2.45, 2.75) is 52.2 Å². The molecular weight excluding hydrogens is 206 g/mol. The summed E-state index contributed by atoms with van der Waals surface area (Å²) in [5.41, 5.74) is -1.22. The van der Waals surface area contributed by atoms with E-state index in [1.807, 2.05) is 20.8 Å². The van der Waals surface area contributed by atoms with Gasteiger partial charge in [-0.15, -0.1) is 0 Å². The number of rotatable bonds is 6. The first-order valence-corrected chi connectivity index (χ1v) is 5.69. The predicted octanol–water partition coefficient (Wildman–Crippen LogP) is 0.961. The number of aliphatic hydroxyl groups is 1. The largest absolute Gasteiger partial charge is 0.382 e. The van der Waals surface area contributed by atoms with E-state index in [1.165, 1.54) is 6.33 Å². The molecular formula is C11H19N3O2. The lowest BCUT2D eigenvalue weighted by Gasteiger charge is -2.23. The quantitative estimate of drug-likeness (QED) is 0.783. The van der Waals surface area contributed by atoms with Crippen LogP contribution in [0.2, 0.25) is 0 Å². The van der Waals surface area contributed by atoms with Crippen molar-refractivity contribution >= 4 is 5.78 Å². The van der Waals surface area contributed by atoms with Crippen molar-refractivity contribution in [1.82, 2.24) is 14.8 Å². The molecule has 0 amide bonds. The highest BCUT2D eigenvalue weighted by Gasteiger charge is 2.32. The Kier molecular flexibility index (Phi) is 4.18. The molecule has 0 aliphatic rings. The number of ketones is 1. The van der Waals surface area contributed by atoms with Crippen LogP contribution < -0.4 is 0 Å². The molecule has 5 heteroatoms. The second kappa shape index (κ2) is 5.21. The molecule has 1 heterocycles. The third-order valence-electron chi connectivity index (χ3n) is 3.00. The van der Waals surface area contributed by atoms with Crippen LogP contribution in [0.4, 0.5) is 0 Å². The maximum atomic E-state index is 11.9. The number of Topliss-reactive ketones (excluding diaryl/α,β-unsaturated/α-hetero) is 1. The van der Waals surface area contributed by atoms with E-state index in [4.69, 9.17) is 0 Å². The molecule has 0 bridgehead atoms. The van der Waals surface area contributed by atoms with Gasteiger partial charge < -0.3 is 5.11 Å². The second-order valence-electron chi connectivity index (χ2n) is 3.83. The van der Waals surface area contributed by atoms with Gasteiger partial charge in [-0.05, 0) is 19.8 Å². The molecule has 0 aromatic carbocycles. The Morgan fingerprint density at radius 2 is 2.06 bits per heavy atom. The maximum Gasteiger partial charge on any atom is 0.171 e. The average Bonchev–Trinajstić information content (AvgIpc) is 2.75. The van der Waals surface area contributed by atoms with Crippen molar-refractivity contribution < 1.29 is 9.90 Å². The molecule has 1 aromatic rings. The van der Waals surface area contributed by atoms with Gasteiger partial charge in [0.25, 0.3) is 0 Å². The zero-order chi connectivity index (χ0) is 12.2. The highest BCUT2D eigenvalue weighted by atomic mass is 16.3. The Balaban J connectivity index is 2.78. The molecule has 0 radical (unpaired) electrons. The van der Waals surface area contributed by atoms with Gasteiger partial charge in [0, 0.05) is 6.54 Å². The van der Waals surface area contributed by atoms with Gasteiger partial charge in [0.15, 0.2) is 5.78 Å². The lowest BCUT2D eigenvalue weighted by molar-refractivity contribution is -0.137. The third kappa shape index (κ3) is 2.47. The fourth-order valence-corrected chi connectivity index (χ4v) is 1.64. The summed E-state index contributed by atoms with van der Waals surface area (Å²) >= 11 is 0. The van der Waals surface area contributed by atoms with Crippen molar-refractivity contribution in [2.75, 3.05) is 0 Å². The fourth-order valence-electron chi connectivity index (χ4n) is 1.64. The van der Waals surface area contributed by atoms with Crippen LogP contribution in [-0.2, 0) is 17.8 Å². The first-order chi connectivity index (χ1) is 7.57. The van der Waals surface area contributed by atoms with E-state index in [-0.39, 0.29) is 12.2 Å². The Labute approximate surface area is 95.5 Å².